The number of hydrogen-bond donors (Lipinski definition) is 0. The van der Waals surface area contributed by atoms with Crippen LogP contribution in [-0.2, 0) is 4.74 Å². The summed E-state index contributed by atoms with van der Waals surface area (Å²) in [7, 11) is 1.67. The Morgan fingerprint density at radius 3 is 2.43 bits per heavy atom. The van der Waals surface area contributed by atoms with Crippen molar-refractivity contribution in [2.45, 2.75) is 26.9 Å². The summed E-state index contributed by atoms with van der Waals surface area (Å²) < 4.78 is 16.9. The molecule has 0 spiro atoms. The fourth-order valence-electron chi connectivity index (χ4n) is 2.14. The summed E-state index contributed by atoms with van der Waals surface area (Å²) >= 11 is 0. The van der Waals surface area contributed by atoms with Gasteiger partial charge in [-0.2, -0.15) is 0 Å². The fourth-order valence-corrected chi connectivity index (χ4v) is 2.14. The Balaban J connectivity index is 2.17. The highest BCUT2D eigenvalue weighted by molar-refractivity contribution is 5.42. The van der Waals surface area contributed by atoms with Crippen molar-refractivity contribution in [1.82, 2.24) is 0 Å². The van der Waals surface area contributed by atoms with Crippen molar-refractivity contribution in [3.05, 3.63) is 53.6 Å². The van der Waals surface area contributed by atoms with Crippen LogP contribution in [0.5, 0.6) is 17.2 Å². The molecule has 0 aromatic heterocycles. The predicted molar refractivity (Wildman–Crippen MR) is 84.4 cm³/mol. The molecule has 0 heterocycles. The van der Waals surface area contributed by atoms with Gasteiger partial charge in [0.1, 0.15) is 23.4 Å². The third-order valence-corrected chi connectivity index (χ3v) is 3.08. The third-order valence-electron chi connectivity index (χ3n) is 3.08. The molecule has 2 aromatic rings. The summed E-state index contributed by atoms with van der Waals surface area (Å²) in [4.78, 5) is 0. The lowest BCUT2D eigenvalue weighted by molar-refractivity contribution is 0.0919. The first-order valence-corrected chi connectivity index (χ1v) is 7.09. The second-order valence-corrected chi connectivity index (χ2v) is 5.23. The van der Waals surface area contributed by atoms with Crippen molar-refractivity contribution in [1.29, 1.82) is 0 Å². The fraction of sp³-hybridized carbons (Fsp3) is 0.333. The molecule has 0 radical (unpaired) electrons. The first-order chi connectivity index (χ1) is 10.1. The van der Waals surface area contributed by atoms with Gasteiger partial charge in [0.05, 0.1) is 6.61 Å². The number of hydrogen-bond acceptors (Lipinski definition) is 3. The summed E-state index contributed by atoms with van der Waals surface area (Å²) in [6, 6.07) is 13.9. The summed E-state index contributed by atoms with van der Waals surface area (Å²) in [5.74, 6) is 2.44. The average molecular weight is 286 g/mol. The first kappa shape index (κ1) is 15.4. The van der Waals surface area contributed by atoms with Gasteiger partial charge >= 0.3 is 0 Å². The molecule has 0 fully saturated rings. The highest BCUT2D eigenvalue weighted by Gasteiger charge is 2.07. The van der Waals surface area contributed by atoms with Crippen molar-refractivity contribution >= 4 is 0 Å². The van der Waals surface area contributed by atoms with Gasteiger partial charge in [-0.25, -0.2) is 0 Å². The molecule has 3 nitrogen and oxygen atoms in total. The minimum atomic E-state index is 0.00288. The number of aryl methyl sites for hydroxylation is 2. The largest absolute Gasteiger partial charge is 0.488 e. The Hall–Kier alpha value is -2.00. The van der Waals surface area contributed by atoms with Gasteiger partial charge in [-0.15, -0.1) is 0 Å². The van der Waals surface area contributed by atoms with Crippen LogP contribution in [0.3, 0.4) is 0 Å². The molecule has 0 N–H and O–H groups in total. The summed E-state index contributed by atoms with van der Waals surface area (Å²) in [5.41, 5.74) is 2.20. The van der Waals surface area contributed by atoms with Crippen LogP contribution in [0.4, 0.5) is 0 Å². The van der Waals surface area contributed by atoms with Crippen molar-refractivity contribution in [3.8, 4) is 17.2 Å². The molecule has 0 amide bonds. The van der Waals surface area contributed by atoms with E-state index >= 15 is 0 Å². The van der Waals surface area contributed by atoms with Gasteiger partial charge in [-0.05, 0) is 50.1 Å². The van der Waals surface area contributed by atoms with Crippen molar-refractivity contribution in [2.24, 2.45) is 0 Å². The van der Waals surface area contributed by atoms with E-state index in [0.29, 0.717) is 6.61 Å². The van der Waals surface area contributed by atoms with E-state index in [2.05, 4.69) is 0 Å². The topological polar surface area (TPSA) is 27.7 Å². The maximum absolute atomic E-state index is 5.96. The molecule has 112 valence electrons. The zero-order valence-electron chi connectivity index (χ0n) is 13.1. The van der Waals surface area contributed by atoms with E-state index in [1.165, 1.54) is 0 Å². The van der Waals surface area contributed by atoms with Crippen LogP contribution in [0.25, 0.3) is 0 Å². The lowest BCUT2D eigenvalue weighted by atomic mass is 10.2. The SMILES string of the molecule is COCC(C)Oc1cc(C)cc(Oc2ccccc2C)c1. The third kappa shape index (κ3) is 4.50. The summed E-state index contributed by atoms with van der Waals surface area (Å²) in [6.45, 7) is 6.59. The molecule has 2 rings (SSSR count). The van der Waals surface area contributed by atoms with Crippen molar-refractivity contribution in [3.63, 3.8) is 0 Å². The van der Waals surface area contributed by atoms with Crippen LogP contribution in [0, 0.1) is 13.8 Å². The van der Waals surface area contributed by atoms with E-state index < -0.39 is 0 Å². The Morgan fingerprint density at radius 1 is 1.00 bits per heavy atom. The highest BCUT2D eigenvalue weighted by Crippen LogP contribution is 2.29. The van der Waals surface area contributed by atoms with Gasteiger partial charge < -0.3 is 14.2 Å². The summed E-state index contributed by atoms with van der Waals surface area (Å²) in [6.07, 6.45) is 0.00288. The lowest BCUT2D eigenvalue weighted by Gasteiger charge is -2.16. The van der Waals surface area contributed by atoms with Crippen LogP contribution in [-0.4, -0.2) is 19.8 Å². The van der Waals surface area contributed by atoms with Gasteiger partial charge in [-0.3, -0.25) is 0 Å². The van der Waals surface area contributed by atoms with Crippen LogP contribution in [0.1, 0.15) is 18.1 Å². The van der Waals surface area contributed by atoms with E-state index in [-0.39, 0.29) is 6.10 Å². The second-order valence-electron chi connectivity index (χ2n) is 5.23. The van der Waals surface area contributed by atoms with Crippen molar-refractivity contribution < 1.29 is 14.2 Å². The molecular weight excluding hydrogens is 264 g/mol. The molecule has 0 aliphatic rings. The Morgan fingerprint density at radius 2 is 1.71 bits per heavy atom. The molecule has 0 aliphatic heterocycles. The van der Waals surface area contributed by atoms with Crippen LogP contribution < -0.4 is 9.47 Å². The zero-order chi connectivity index (χ0) is 15.2. The number of ether oxygens (including phenoxy) is 3. The van der Waals surface area contributed by atoms with Gasteiger partial charge in [-0.1, -0.05) is 18.2 Å². The molecule has 1 atom stereocenters. The normalized spacial score (nSPS) is 12.0. The number of para-hydroxylation sites is 1. The molecule has 0 bridgehead atoms. The highest BCUT2D eigenvalue weighted by atomic mass is 16.5. The van der Waals surface area contributed by atoms with Gasteiger partial charge in [0, 0.05) is 13.2 Å². The van der Waals surface area contributed by atoms with Crippen LogP contribution in [0.2, 0.25) is 0 Å². The number of benzene rings is 2. The second kappa shape index (κ2) is 7.14. The zero-order valence-corrected chi connectivity index (χ0v) is 13.1. The van der Waals surface area contributed by atoms with E-state index in [4.69, 9.17) is 14.2 Å². The van der Waals surface area contributed by atoms with Gasteiger partial charge in [0.15, 0.2) is 0 Å². The van der Waals surface area contributed by atoms with E-state index in [1.54, 1.807) is 7.11 Å². The van der Waals surface area contributed by atoms with Crippen LogP contribution in [0.15, 0.2) is 42.5 Å². The molecular formula is C18H22O3. The molecule has 0 aliphatic carbocycles. The van der Waals surface area contributed by atoms with E-state index in [0.717, 1.165) is 28.4 Å². The Labute approximate surface area is 126 Å². The summed E-state index contributed by atoms with van der Waals surface area (Å²) in [5, 5.41) is 0. The minimum Gasteiger partial charge on any atom is -0.488 e. The van der Waals surface area contributed by atoms with E-state index in [9.17, 15) is 0 Å². The number of methoxy groups -OCH3 is 1. The molecule has 0 saturated carbocycles. The maximum atomic E-state index is 5.96. The average Bonchev–Trinajstić information content (AvgIpc) is 2.41. The first-order valence-electron chi connectivity index (χ1n) is 7.09. The molecule has 2 aromatic carbocycles. The molecule has 1 unspecified atom stereocenters. The van der Waals surface area contributed by atoms with E-state index in [1.807, 2.05) is 63.2 Å². The minimum absolute atomic E-state index is 0.00288. The monoisotopic (exact) mass is 286 g/mol. The van der Waals surface area contributed by atoms with Crippen molar-refractivity contribution in [2.75, 3.05) is 13.7 Å². The van der Waals surface area contributed by atoms with Crippen LogP contribution >= 0.6 is 0 Å². The maximum Gasteiger partial charge on any atom is 0.131 e. The quantitative estimate of drug-likeness (QED) is 0.782. The smallest absolute Gasteiger partial charge is 0.131 e. The molecule has 3 heteroatoms. The standard InChI is InChI=1S/C18H22O3/c1-13-9-16(20-15(3)12-19-4)11-17(10-13)21-18-8-6-5-7-14(18)2/h5-11,15H,12H2,1-4H3. The molecule has 0 saturated heterocycles. The Kier molecular flexibility index (Phi) is 5.23. The lowest BCUT2D eigenvalue weighted by Crippen LogP contribution is -2.17. The van der Waals surface area contributed by atoms with Gasteiger partial charge in [0.2, 0.25) is 0 Å². The predicted octanol–water partition coefficient (Wildman–Crippen LogP) is 4.51. The van der Waals surface area contributed by atoms with Gasteiger partial charge in [0.25, 0.3) is 0 Å². The number of rotatable bonds is 6. The molecule has 21 heavy (non-hydrogen) atoms. The Bertz CT molecular complexity index is 593.